The number of pyridine rings is 1. The van der Waals surface area contributed by atoms with Crippen LogP contribution in [0.3, 0.4) is 0 Å². The van der Waals surface area contributed by atoms with Crippen LogP contribution in [-0.4, -0.2) is 60.9 Å². The maximum atomic E-state index is 13.0. The van der Waals surface area contributed by atoms with Gasteiger partial charge in [0.05, 0.1) is 30.0 Å². The molecule has 1 aromatic heterocycles. The molecule has 11 heteroatoms. The van der Waals surface area contributed by atoms with Crippen molar-refractivity contribution in [2.45, 2.75) is 32.5 Å². The highest BCUT2D eigenvalue weighted by atomic mass is 35.5. The average Bonchev–Trinajstić information content (AvgIpc) is 2.88. The molecule has 0 aliphatic carbocycles. The van der Waals surface area contributed by atoms with Crippen molar-refractivity contribution in [1.82, 2.24) is 15.2 Å². The Morgan fingerprint density at radius 1 is 1.10 bits per heavy atom. The monoisotopic (exact) mass is 570 g/mol. The van der Waals surface area contributed by atoms with Crippen LogP contribution in [0.4, 0.5) is 11.5 Å². The number of methoxy groups -OCH3 is 2. The SMILES string of the molecule is COc1cc(OC)c(Cl)c(-c2ccc(C(=N)C(=O)Nc3cccc(CN4CC(C)NC(C)C4)c3)c(N)n2)c1Cl. The van der Waals surface area contributed by atoms with Gasteiger partial charge in [0.2, 0.25) is 0 Å². The quantitative estimate of drug-likeness (QED) is 0.285. The number of benzene rings is 2. The first-order chi connectivity index (χ1) is 18.6. The van der Waals surface area contributed by atoms with Crippen molar-refractivity contribution in [1.29, 1.82) is 5.41 Å². The smallest absolute Gasteiger partial charge is 0.274 e. The number of nitrogen functional groups attached to an aromatic ring is 1. The van der Waals surface area contributed by atoms with Gasteiger partial charge in [0.25, 0.3) is 5.91 Å². The molecule has 3 aromatic rings. The third kappa shape index (κ3) is 6.45. The lowest BCUT2D eigenvalue weighted by molar-refractivity contribution is -0.110. The number of nitrogens with one attached hydrogen (secondary N) is 3. The van der Waals surface area contributed by atoms with Crippen LogP contribution in [0.15, 0.2) is 42.5 Å². The molecule has 9 nitrogen and oxygen atoms in total. The highest BCUT2D eigenvalue weighted by Crippen LogP contribution is 2.45. The number of nitrogens with zero attached hydrogens (tertiary/aromatic N) is 2. The minimum absolute atomic E-state index is 0.0164. The van der Waals surface area contributed by atoms with Crippen LogP contribution >= 0.6 is 23.2 Å². The molecule has 2 unspecified atom stereocenters. The van der Waals surface area contributed by atoms with Crippen molar-refractivity contribution in [3.63, 3.8) is 0 Å². The Morgan fingerprint density at radius 2 is 1.74 bits per heavy atom. The highest BCUT2D eigenvalue weighted by Gasteiger charge is 2.23. The Kier molecular flexibility index (Phi) is 8.97. The summed E-state index contributed by atoms with van der Waals surface area (Å²) in [6.45, 7) is 7.03. The largest absolute Gasteiger partial charge is 0.495 e. The summed E-state index contributed by atoms with van der Waals surface area (Å²) in [5, 5.41) is 15.3. The fourth-order valence-corrected chi connectivity index (χ4v) is 5.52. The molecule has 2 heterocycles. The van der Waals surface area contributed by atoms with Crippen LogP contribution in [0.1, 0.15) is 25.0 Å². The second kappa shape index (κ2) is 12.2. The summed E-state index contributed by atoms with van der Waals surface area (Å²) in [4.78, 5) is 19.7. The van der Waals surface area contributed by atoms with Crippen LogP contribution in [0, 0.1) is 5.41 Å². The van der Waals surface area contributed by atoms with Crippen molar-refractivity contribution in [3.8, 4) is 22.8 Å². The van der Waals surface area contributed by atoms with Crippen molar-refractivity contribution >= 4 is 46.3 Å². The van der Waals surface area contributed by atoms with Gasteiger partial charge in [-0.3, -0.25) is 15.1 Å². The second-order valence-electron chi connectivity index (χ2n) is 9.61. The number of halogens is 2. The Balaban J connectivity index is 1.51. The molecule has 206 valence electrons. The van der Waals surface area contributed by atoms with Crippen molar-refractivity contribution in [2.75, 3.05) is 38.4 Å². The van der Waals surface area contributed by atoms with Gasteiger partial charge in [-0.15, -0.1) is 0 Å². The van der Waals surface area contributed by atoms with E-state index in [0.717, 1.165) is 25.2 Å². The third-order valence-corrected chi connectivity index (χ3v) is 7.23. The third-order valence-electron chi connectivity index (χ3n) is 6.48. The van der Waals surface area contributed by atoms with E-state index < -0.39 is 5.91 Å². The number of amides is 1. The minimum atomic E-state index is -0.600. The molecule has 0 radical (unpaired) electrons. The molecule has 4 rings (SSSR count). The topological polar surface area (TPSA) is 126 Å². The number of ether oxygens (including phenoxy) is 2. The van der Waals surface area contributed by atoms with Gasteiger partial charge in [0.1, 0.15) is 23.0 Å². The lowest BCUT2D eigenvalue weighted by atomic mass is 10.1. The number of carbonyl (C=O) groups is 1. The maximum absolute atomic E-state index is 13.0. The molecule has 0 spiro atoms. The zero-order valence-electron chi connectivity index (χ0n) is 22.3. The highest BCUT2D eigenvalue weighted by molar-refractivity contribution is 6.48. The van der Waals surface area contributed by atoms with E-state index in [1.165, 1.54) is 14.2 Å². The maximum Gasteiger partial charge on any atom is 0.274 e. The summed E-state index contributed by atoms with van der Waals surface area (Å²) >= 11 is 13.0. The van der Waals surface area contributed by atoms with Gasteiger partial charge in [-0.1, -0.05) is 35.3 Å². The van der Waals surface area contributed by atoms with Gasteiger partial charge in [0.15, 0.2) is 0 Å². The van der Waals surface area contributed by atoms with E-state index in [1.54, 1.807) is 24.3 Å². The van der Waals surface area contributed by atoms with E-state index in [0.29, 0.717) is 40.5 Å². The normalized spacial score (nSPS) is 17.5. The van der Waals surface area contributed by atoms with Crippen LogP contribution in [0.25, 0.3) is 11.3 Å². The van der Waals surface area contributed by atoms with E-state index in [-0.39, 0.29) is 27.1 Å². The Labute approximate surface area is 238 Å². The number of aromatic nitrogens is 1. The Hall–Kier alpha value is -3.37. The Bertz CT molecular complexity index is 1360. The second-order valence-corrected chi connectivity index (χ2v) is 10.4. The summed E-state index contributed by atoms with van der Waals surface area (Å²) < 4.78 is 10.6. The van der Waals surface area contributed by atoms with Crippen LogP contribution in [-0.2, 0) is 11.3 Å². The van der Waals surface area contributed by atoms with E-state index in [1.807, 2.05) is 18.2 Å². The van der Waals surface area contributed by atoms with Gasteiger partial charge in [-0.2, -0.15) is 0 Å². The molecular weight excluding hydrogens is 539 g/mol. The van der Waals surface area contributed by atoms with Crippen LogP contribution in [0.2, 0.25) is 10.0 Å². The summed E-state index contributed by atoms with van der Waals surface area (Å²) in [5.74, 6) is 0.0922. The van der Waals surface area contributed by atoms with Crippen molar-refractivity contribution in [2.24, 2.45) is 0 Å². The number of piperazine rings is 1. The van der Waals surface area contributed by atoms with Crippen molar-refractivity contribution < 1.29 is 14.3 Å². The summed E-state index contributed by atoms with van der Waals surface area (Å²) in [6.07, 6.45) is 0. The molecule has 2 aromatic carbocycles. The molecular formula is C28H32Cl2N6O3. The van der Waals surface area contributed by atoms with Crippen LogP contribution < -0.4 is 25.8 Å². The summed E-state index contributed by atoms with van der Waals surface area (Å²) in [5.41, 5.74) is 8.45. The number of rotatable bonds is 8. The molecule has 5 N–H and O–H groups in total. The van der Waals surface area contributed by atoms with Gasteiger partial charge in [-0.25, -0.2) is 4.98 Å². The van der Waals surface area contributed by atoms with Gasteiger partial charge < -0.3 is 25.8 Å². The fourth-order valence-electron chi connectivity index (χ4n) is 4.83. The molecule has 1 aliphatic rings. The zero-order chi connectivity index (χ0) is 28.3. The molecule has 1 aliphatic heterocycles. The molecule has 1 saturated heterocycles. The van der Waals surface area contributed by atoms with E-state index >= 15 is 0 Å². The minimum Gasteiger partial charge on any atom is -0.495 e. The average molecular weight is 572 g/mol. The lowest BCUT2D eigenvalue weighted by Gasteiger charge is -2.36. The predicted octanol–water partition coefficient (Wildman–Crippen LogP) is 4.84. The zero-order valence-corrected chi connectivity index (χ0v) is 23.8. The van der Waals surface area contributed by atoms with Gasteiger partial charge in [-0.05, 0) is 43.7 Å². The number of nitrogens with two attached hydrogens (primary N) is 1. The van der Waals surface area contributed by atoms with Crippen molar-refractivity contribution in [3.05, 3.63) is 63.6 Å². The summed E-state index contributed by atoms with van der Waals surface area (Å²) in [7, 11) is 2.95. The standard InChI is InChI=1S/C28H32Cl2N6O3/c1-15-12-36(13-16(2)33-15)14-17-6-5-7-18(10-17)34-28(37)26(31)19-8-9-20(35-27(19)32)23-24(29)21(38-3)11-22(39-4)25(23)30/h5-11,15-16,31,33H,12-14H2,1-4H3,(H2,32,35)(H,34,37). The number of carbonyl (C=O) groups excluding carboxylic acids is 1. The molecule has 2 atom stereocenters. The molecule has 0 saturated carbocycles. The first kappa shape index (κ1) is 28.6. The lowest BCUT2D eigenvalue weighted by Crippen LogP contribution is -2.53. The van der Waals surface area contributed by atoms with E-state index in [9.17, 15) is 4.79 Å². The van der Waals surface area contributed by atoms with Crippen LogP contribution in [0.5, 0.6) is 11.5 Å². The number of hydrogen-bond donors (Lipinski definition) is 4. The van der Waals surface area contributed by atoms with Gasteiger partial charge >= 0.3 is 0 Å². The molecule has 1 amide bonds. The Morgan fingerprint density at radius 3 is 2.33 bits per heavy atom. The summed E-state index contributed by atoms with van der Waals surface area (Å²) in [6, 6.07) is 13.2. The molecule has 0 bridgehead atoms. The van der Waals surface area contributed by atoms with Gasteiger partial charge in [0, 0.05) is 54.6 Å². The molecule has 39 heavy (non-hydrogen) atoms. The van der Waals surface area contributed by atoms with E-state index in [4.69, 9.17) is 43.8 Å². The number of anilines is 2. The fraction of sp³-hybridized carbons (Fsp3) is 0.321. The molecule has 1 fully saturated rings. The van der Waals surface area contributed by atoms with E-state index in [2.05, 4.69) is 34.4 Å². The predicted molar refractivity (Wildman–Crippen MR) is 156 cm³/mol. The number of hydrogen-bond acceptors (Lipinski definition) is 8. The first-order valence-electron chi connectivity index (χ1n) is 12.5. The first-order valence-corrected chi connectivity index (χ1v) is 13.2.